The average Bonchev–Trinajstić information content (AvgIpc) is 2.90. The van der Waals surface area contributed by atoms with E-state index in [9.17, 15) is 13.6 Å². The smallest absolute Gasteiger partial charge is 0.341 e. The van der Waals surface area contributed by atoms with E-state index in [4.69, 9.17) is 14.2 Å². The Bertz CT molecular complexity index is 1390. The van der Waals surface area contributed by atoms with Crippen LogP contribution in [-0.4, -0.2) is 40.9 Å². The molecule has 37 heavy (non-hydrogen) atoms. The Morgan fingerprint density at radius 2 is 1.59 bits per heavy atom. The number of azo groups is 2. The van der Waals surface area contributed by atoms with Gasteiger partial charge in [-0.3, -0.25) is 0 Å². The van der Waals surface area contributed by atoms with Crippen molar-refractivity contribution in [1.82, 2.24) is 0 Å². The number of fused-ring (bicyclic) bond motifs is 1. The second-order valence-electron chi connectivity index (χ2n) is 8.21. The van der Waals surface area contributed by atoms with Crippen molar-refractivity contribution in [2.75, 3.05) is 39.8 Å². The fraction of sp³-hybridized carbons (Fsp3) is 0.269. The maximum Gasteiger partial charge on any atom is 0.341 e. The SMILES string of the molecule is COC(=O)c1ccc(N=Nc2c(F)cc(N=Nc3cc4c(cc3F)N(C)CCC4)cc2OC)cc1OC. The number of ether oxygens (including phenoxy) is 3. The monoisotopic (exact) mass is 509 g/mol. The second kappa shape index (κ2) is 11.1. The van der Waals surface area contributed by atoms with Crippen LogP contribution in [0.15, 0.2) is 62.9 Å². The number of hydrogen-bond donors (Lipinski definition) is 0. The van der Waals surface area contributed by atoms with Crippen molar-refractivity contribution in [3.05, 3.63) is 65.2 Å². The van der Waals surface area contributed by atoms with E-state index in [1.165, 1.54) is 51.7 Å². The first-order chi connectivity index (χ1) is 17.8. The van der Waals surface area contributed by atoms with Gasteiger partial charge in [0.1, 0.15) is 17.0 Å². The van der Waals surface area contributed by atoms with E-state index in [1.54, 1.807) is 6.07 Å². The van der Waals surface area contributed by atoms with E-state index < -0.39 is 17.6 Å². The average molecular weight is 510 g/mol. The highest BCUT2D eigenvalue weighted by atomic mass is 19.1. The molecule has 0 unspecified atom stereocenters. The summed E-state index contributed by atoms with van der Waals surface area (Å²) in [5.41, 5.74) is 2.37. The number of benzene rings is 3. The van der Waals surface area contributed by atoms with E-state index in [1.807, 2.05) is 11.9 Å². The lowest BCUT2D eigenvalue weighted by molar-refractivity contribution is 0.0597. The van der Waals surface area contributed by atoms with Crippen LogP contribution in [0.4, 0.5) is 37.2 Å². The zero-order chi connectivity index (χ0) is 26.5. The molecule has 0 amide bonds. The van der Waals surface area contributed by atoms with Gasteiger partial charge in [-0.25, -0.2) is 13.6 Å². The standard InChI is InChI=1S/C26H25F2N5O4/c1-33-9-5-6-15-10-21(19(27)14-22(15)33)31-30-17-11-20(28)25(24(13-17)36-3)32-29-16-7-8-18(26(34)37-4)23(12-16)35-2/h7-8,10-14H,5-6,9H2,1-4H3. The third kappa shape index (κ3) is 5.55. The molecule has 0 radical (unpaired) electrons. The molecule has 1 aliphatic heterocycles. The zero-order valence-corrected chi connectivity index (χ0v) is 20.8. The van der Waals surface area contributed by atoms with Crippen LogP contribution in [0.1, 0.15) is 22.3 Å². The van der Waals surface area contributed by atoms with Gasteiger partial charge in [0.15, 0.2) is 23.1 Å². The number of halogens is 2. The largest absolute Gasteiger partial charge is 0.496 e. The zero-order valence-electron chi connectivity index (χ0n) is 20.8. The van der Waals surface area contributed by atoms with E-state index in [0.717, 1.165) is 36.7 Å². The van der Waals surface area contributed by atoms with Crippen LogP contribution in [0.5, 0.6) is 11.5 Å². The lowest BCUT2D eigenvalue weighted by atomic mass is 10.0. The van der Waals surface area contributed by atoms with E-state index in [-0.39, 0.29) is 34.1 Å². The Hall–Kier alpha value is -4.41. The number of anilines is 1. The quantitative estimate of drug-likeness (QED) is 0.253. The molecule has 0 saturated heterocycles. The van der Waals surface area contributed by atoms with Crippen molar-refractivity contribution in [3.8, 4) is 11.5 Å². The lowest BCUT2D eigenvalue weighted by Crippen LogP contribution is -2.24. The molecule has 1 heterocycles. The molecule has 0 saturated carbocycles. The van der Waals surface area contributed by atoms with Crippen LogP contribution in [0.25, 0.3) is 0 Å². The summed E-state index contributed by atoms with van der Waals surface area (Å²) in [6.07, 6.45) is 1.79. The number of methoxy groups -OCH3 is 3. The Morgan fingerprint density at radius 1 is 0.865 bits per heavy atom. The summed E-state index contributed by atoms with van der Waals surface area (Å²) in [6, 6.07) is 10.1. The second-order valence-corrected chi connectivity index (χ2v) is 8.21. The van der Waals surface area contributed by atoms with Gasteiger partial charge in [0.05, 0.1) is 32.7 Å². The normalized spacial score (nSPS) is 13.2. The summed E-state index contributed by atoms with van der Waals surface area (Å²) < 4.78 is 44.7. The summed E-state index contributed by atoms with van der Waals surface area (Å²) in [5, 5.41) is 16.0. The fourth-order valence-corrected chi connectivity index (χ4v) is 3.96. The molecule has 0 atom stereocenters. The van der Waals surface area contributed by atoms with Gasteiger partial charge in [-0.2, -0.15) is 10.2 Å². The molecule has 192 valence electrons. The number of nitrogens with zero attached hydrogens (tertiary/aromatic N) is 5. The minimum absolute atomic E-state index is 0.0587. The van der Waals surface area contributed by atoms with Crippen LogP contribution in [-0.2, 0) is 11.2 Å². The molecule has 4 rings (SSSR count). The molecule has 0 aliphatic carbocycles. The van der Waals surface area contributed by atoms with Gasteiger partial charge in [0, 0.05) is 37.5 Å². The van der Waals surface area contributed by atoms with Crippen molar-refractivity contribution < 1.29 is 27.8 Å². The molecule has 0 aromatic heterocycles. The van der Waals surface area contributed by atoms with Crippen molar-refractivity contribution in [2.45, 2.75) is 12.8 Å². The molecule has 0 spiro atoms. The molecule has 0 N–H and O–H groups in total. The first kappa shape index (κ1) is 25.7. The molecule has 0 bridgehead atoms. The van der Waals surface area contributed by atoms with Crippen LogP contribution in [0, 0.1) is 11.6 Å². The molecule has 3 aromatic rings. The minimum Gasteiger partial charge on any atom is -0.496 e. The van der Waals surface area contributed by atoms with Crippen LogP contribution >= 0.6 is 0 Å². The van der Waals surface area contributed by atoms with Gasteiger partial charge in [0.2, 0.25) is 0 Å². The van der Waals surface area contributed by atoms with Crippen LogP contribution in [0.2, 0.25) is 0 Å². The summed E-state index contributed by atoms with van der Waals surface area (Å²) in [4.78, 5) is 13.8. The van der Waals surface area contributed by atoms with Crippen molar-refractivity contribution in [3.63, 3.8) is 0 Å². The van der Waals surface area contributed by atoms with E-state index in [2.05, 4.69) is 20.5 Å². The van der Waals surface area contributed by atoms with Crippen LogP contribution in [0.3, 0.4) is 0 Å². The van der Waals surface area contributed by atoms with E-state index >= 15 is 0 Å². The number of rotatable bonds is 7. The Balaban J connectivity index is 1.60. The van der Waals surface area contributed by atoms with Crippen molar-refractivity contribution >= 4 is 34.4 Å². The predicted molar refractivity (Wildman–Crippen MR) is 134 cm³/mol. The first-order valence-corrected chi connectivity index (χ1v) is 11.4. The Kier molecular flexibility index (Phi) is 7.71. The number of aryl methyl sites for hydroxylation is 1. The Labute approximate surface area is 212 Å². The van der Waals surface area contributed by atoms with Gasteiger partial charge in [-0.15, -0.1) is 10.2 Å². The maximum absolute atomic E-state index is 14.9. The van der Waals surface area contributed by atoms with Gasteiger partial charge in [0.25, 0.3) is 0 Å². The highest BCUT2D eigenvalue weighted by molar-refractivity contribution is 5.93. The van der Waals surface area contributed by atoms with Gasteiger partial charge in [-0.1, -0.05) is 0 Å². The highest BCUT2D eigenvalue weighted by Crippen LogP contribution is 2.38. The molecular weight excluding hydrogens is 484 g/mol. The van der Waals surface area contributed by atoms with Crippen molar-refractivity contribution in [1.29, 1.82) is 0 Å². The molecule has 0 fully saturated rings. The van der Waals surface area contributed by atoms with Gasteiger partial charge < -0.3 is 19.1 Å². The summed E-state index contributed by atoms with van der Waals surface area (Å²) >= 11 is 0. The highest BCUT2D eigenvalue weighted by Gasteiger charge is 2.18. The molecule has 3 aromatic carbocycles. The fourth-order valence-electron chi connectivity index (χ4n) is 3.96. The van der Waals surface area contributed by atoms with Gasteiger partial charge in [-0.05, 0) is 42.7 Å². The lowest BCUT2D eigenvalue weighted by Gasteiger charge is -2.27. The predicted octanol–water partition coefficient (Wildman–Crippen LogP) is 6.98. The number of hydrogen-bond acceptors (Lipinski definition) is 9. The minimum atomic E-state index is -0.761. The third-order valence-electron chi connectivity index (χ3n) is 5.86. The molecule has 11 heteroatoms. The summed E-state index contributed by atoms with van der Waals surface area (Å²) in [6.45, 7) is 0.864. The molecule has 9 nitrogen and oxygen atoms in total. The number of carbonyl (C=O) groups excluding carboxylic acids is 1. The number of carbonyl (C=O) groups is 1. The third-order valence-corrected chi connectivity index (χ3v) is 5.86. The van der Waals surface area contributed by atoms with Gasteiger partial charge >= 0.3 is 5.97 Å². The maximum atomic E-state index is 14.9. The van der Waals surface area contributed by atoms with Crippen LogP contribution < -0.4 is 14.4 Å². The van der Waals surface area contributed by atoms with E-state index in [0.29, 0.717) is 5.69 Å². The summed E-state index contributed by atoms with van der Waals surface area (Å²) in [7, 11) is 5.92. The number of esters is 1. The first-order valence-electron chi connectivity index (χ1n) is 11.4. The molecular formula is C26H25F2N5O4. The molecule has 1 aliphatic rings. The topological polar surface area (TPSA) is 97.4 Å². The van der Waals surface area contributed by atoms with Crippen molar-refractivity contribution in [2.24, 2.45) is 20.5 Å². The Morgan fingerprint density at radius 3 is 2.32 bits per heavy atom. The summed E-state index contributed by atoms with van der Waals surface area (Å²) in [5.74, 6) is -1.55.